The molecule has 0 bridgehead atoms. The minimum absolute atomic E-state index is 0.231. The molecule has 8 heteroatoms. The van der Waals surface area contributed by atoms with Gasteiger partial charge < -0.3 is 19.9 Å². The Morgan fingerprint density at radius 3 is 2.69 bits per heavy atom. The molecule has 0 spiro atoms. The van der Waals surface area contributed by atoms with Crippen molar-refractivity contribution in [3.05, 3.63) is 46.8 Å². The molecule has 0 saturated heterocycles. The lowest BCUT2D eigenvalue weighted by Gasteiger charge is -2.08. The number of aryl methyl sites for hydroxylation is 2. The van der Waals surface area contributed by atoms with E-state index in [1.807, 2.05) is 13.8 Å². The first-order chi connectivity index (χ1) is 12.5. The van der Waals surface area contributed by atoms with Crippen LogP contribution in [0.5, 0.6) is 0 Å². The Hall–Kier alpha value is -3.16. The molecule has 0 unspecified atom stereocenters. The topological polar surface area (TPSA) is 111 Å². The molecule has 1 heterocycles. The molecule has 0 saturated carbocycles. The Kier molecular flexibility index (Phi) is 6.48. The number of amides is 2. The summed E-state index contributed by atoms with van der Waals surface area (Å²) in [6.45, 7) is 5.31. The number of carbonyl (C=O) groups excluding carboxylic acids is 3. The molecular weight excluding hydrogens is 338 g/mol. The fourth-order valence-corrected chi connectivity index (χ4v) is 2.32. The van der Waals surface area contributed by atoms with E-state index in [0.29, 0.717) is 35.7 Å². The van der Waals surface area contributed by atoms with Crippen LogP contribution < -0.4 is 10.6 Å². The standard InChI is InChI=1S/C18H21N3O5/c1-4-14-16(11(3)26-21-14)18(24)25-10-15(22)20-13-8-6-7-12(9-13)17(23)19-5-2/h6-9H,4-5,10H2,1-3H3,(H,19,23)(H,20,22). The summed E-state index contributed by atoms with van der Waals surface area (Å²) in [4.78, 5) is 35.9. The Morgan fingerprint density at radius 2 is 2.00 bits per heavy atom. The second kappa shape index (κ2) is 8.80. The Morgan fingerprint density at radius 1 is 1.23 bits per heavy atom. The van der Waals surface area contributed by atoms with Gasteiger partial charge in [0.2, 0.25) is 0 Å². The summed E-state index contributed by atoms with van der Waals surface area (Å²) < 4.78 is 10.0. The molecule has 8 nitrogen and oxygen atoms in total. The third kappa shape index (κ3) is 4.69. The van der Waals surface area contributed by atoms with Gasteiger partial charge >= 0.3 is 5.97 Å². The van der Waals surface area contributed by atoms with Crippen LogP contribution in [0.3, 0.4) is 0 Å². The lowest BCUT2D eigenvalue weighted by Crippen LogP contribution is -2.23. The largest absolute Gasteiger partial charge is 0.452 e. The number of nitrogens with zero attached hydrogens (tertiary/aromatic N) is 1. The van der Waals surface area contributed by atoms with Gasteiger partial charge in [0.25, 0.3) is 11.8 Å². The summed E-state index contributed by atoms with van der Waals surface area (Å²) in [7, 11) is 0. The van der Waals surface area contributed by atoms with Crippen molar-refractivity contribution in [2.24, 2.45) is 0 Å². The van der Waals surface area contributed by atoms with E-state index < -0.39 is 18.5 Å². The molecule has 0 radical (unpaired) electrons. The van der Waals surface area contributed by atoms with Crippen molar-refractivity contribution >= 4 is 23.5 Å². The normalized spacial score (nSPS) is 10.3. The predicted molar refractivity (Wildman–Crippen MR) is 94.0 cm³/mol. The summed E-state index contributed by atoms with van der Waals surface area (Å²) in [6.07, 6.45) is 0.514. The Balaban J connectivity index is 1.95. The average Bonchev–Trinajstić information content (AvgIpc) is 3.01. The van der Waals surface area contributed by atoms with Gasteiger partial charge in [-0.3, -0.25) is 9.59 Å². The SMILES string of the molecule is CCNC(=O)c1cccc(NC(=O)COC(=O)c2c(CC)noc2C)c1. The van der Waals surface area contributed by atoms with E-state index in [0.717, 1.165) is 0 Å². The highest BCUT2D eigenvalue weighted by Crippen LogP contribution is 2.15. The van der Waals surface area contributed by atoms with E-state index >= 15 is 0 Å². The molecule has 2 amide bonds. The summed E-state index contributed by atoms with van der Waals surface area (Å²) in [5.41, 5.74) is 1.60. The molecule has 1 aromatic carbocycles. The number of rotatable bonds is 7. The highest BCUT2D eigenvalue weighted by Gasteiger charge is 2.21. The zero-order valence-electron chi connectivity index (χ0n) is 14.9. The maximum Gasteiger partial charge on any atom is 0.344 e. The highest BCUT2D eigenvalue weighted by molar-refractivity contribution is 5.98. The average molecular weight is 359 g/mol. The molecular formula is C18H21N3O5. The maximum atomic E-state index is 12.1. The molecule has 0 aliphatic rings. The second-order valence-electron chi connectivity index (χ2n) is 5.48. The summed E-state index contributed by atoms with van der Waals surface area (Å²) in [5.74, 6) is -1.06. The number of carbonyl (C=O) groups is 3. The smallest absolute Gasteiger partial charge is 0.344 e. The van der Waals surface area contributed by atoms with Crippen LogP contribution in [-0.4, -0.2) is 36.1 Å². The van der Waals surface area contributed by atoms with E-state index in [-0.39, 0.29) is 11.5 Å². The molecule has 0 aliphatic carbocycles. The lowest BCUT2D eigenvalue weighted by molar-refractivity contribution is -0.119. The van der Waals surface area contributed by atoms with Gasteiger partial charge in [-0.25, -0.2) is 4.79 Å². The van der Waals surface area contributed by atoms with Crippen LogP contribution in [0.1, 0.15) is 46.0 Å². The van der Waals surface area contributed by atoms with Gasteiger partial charge in [0.1, 0.15) is 11.3 Å². The molecule has 1 aromatic heterocycles. The predicted octanol–water partition coefficient (Wildman–Crippen LogP) is 2.09. The molecule has 0 atom stereocenters. The van der Waals surface area contributed by atoms with Gasteiger partial charge in [-0.1, -0.05) is 18.1 Å². The van der Waals surface area contributed by atoms with Crippen molar-refractivity contribution in [3.63, 3.8) is 0 Å². The molecule has 0 aliphatic heterocycles. The number of anilines is 1. The van der Waals surface area contributed by atoms with Gasteiger partial charge in [0.05, 0.1) is 5.69 Å². The van der Waals surface area contributed by atoms with E-state index in [2.05, 4.69) is 15.8 Å². The van der Waals surface area contributed by atoms with Gasteiger partial charge in [-0.15, -0.1) is 0 Å². The van der Waals surface area contributed by atoms with Crippen LogP contribution in [0.25, 0.3) is 0 Å². The molecule has 138 valence electrons. The minimum atomic E-state index is -0.660. The van der Waals surface area contributed by atoms with Crippen LogP contribution >= 0.6 is 0 Å². The number of hydrogen-bond donors (Lipinski definition) is 2. The summed E-state index contributed by atoms with van der Waals surface area (Å²) in [5, 5.41) is 9.04. The van der Waals surface area contributed by atoms with Crippen molar-refractivity contribution in [3.8, 4) is 0 Å². The van der Waals surface area contributed by atoms with Crippen LogP contribution in [0.4, 0.5) is 5.69 Å². The van der Waals surface area contributed by atoms with E-state index in [4.69, 9.17) is 9.26 Å². The van der Waals surface area contributed by atoms with Crippen LogP contribution in [-0.2, 0) is 16.0 Å². The number of benzene rings is 1. The van der Waals surface area contributed by atoms with Crippen molar-refractivity contribution in [2.75, 3.05) is 18.5 Å². The van der Waals surface area contributed by atoms with E-state index in [9.17, 15) is 14.4 Å². The zero-order chi connectivity index (χ0) is 19.1. The van der Waals surface area contributed by atoms with Gasteiger partial charge in [-0.2, -0.15) is 0 Å². The number of ether oxygens (including phenoxy) is 1. The van der Waals surface area contributed by atoms with Gasteiger partial charge in [0, 0.05) is 17.8 Å². The third-order valence-corrected chi connectivity index (χ3v) is 3.55. The third-order valence-electron chi connectivity index (χ3n) is 3.55. The van der Waals surface area contributed by atoms with Crippen molar-refractivity contribution in [1.82, 2.24) is 10.5 Å². The van der Waals surface area contributed by atoms with Crippen molar-refractivity contribution < 1.29 is 23.6 Å². The monoisotopic (exact) mass is 359 g/mol. The molecule has 2 rings (SSSR count). The number of esters is 1. The molecule has 2 N–H and O–H groups in total. The van der Waals surface area contributed by atoms with Gasteiger partial charge in [-0.05, 0) is 38.5 Å². The summed E-state index contributed by atoms with van der Waals surface area (Å²) >= 11 is 0. The van der Waals surface area contributed by atoms with E-state index in [1.54, 1.807) is 31.2 Å². The first-order valence-electron chi connectivity index (χ1n) is 8.26. The van der Waals surface area contributed by atoms with Crippen LogP contribution in [0, 0.1) is 6.92 Å². The Labute approximate surface area is 150 Å². The van der Waals surface area contributed by atoms with Gasteiger partial charge in [0.15, 0.2) is 6.61 Å². The zero-order valence-corrected chi connectivity index (χ0v) is 14.9. The number of aromatic nitrogens is 1. The summed E-state index contributed by atoms with van der Waals surface area (Å²) in [6, 6.07) is 6.48. The van der Waals surface area contributed by atoms with Crippen molar-refractivity contribution in [2.45, 2.75) is 27.2 Å². The second-order valence-corrected chi connectivity index (χ2v) is 5.48. The number of nitrogens with one attached hydrogen (secondary N) is 2. The van der Waals surface area contributed by atoms with Crippen LogP contribution in [0.2, 0.25) is 0 Å². The van der Waals surface area contributed by atoms with Crippen molar-refractivity contribution in [1.29, 1.82) is 0 Å². The highest BCUT2D eigenvalue weighted by atomic mass is 16.5. The molecule has 2 aromatic rings. The van der Waals surface area contributed by atoms with Crippen LogP contribution in [0.15, 0.2) is 28.8 Å². The fraction of sp³-hybridized carbons (Fsp3) is 0.333. The minimum Gasteiger partial charge on any atom is -0.452 e. The molecule has 26 heavy (non-hydrogen) atoms. The molecule has 0 fully saturated rings. The first kappa shape index (κ1) is 19.2. The van der Waals surface area contributed by atoms with E-state index in [1.165, 1.54) is 0 Å². The first-order valence-corrected chi connectivity index (χ1v) is 8.26. The quantitative estimate of drug-likeness (QED) is 0.733. The Bertz CT molecular complexity index is 813. The fourth-order valence-electron chi connectivity index (χ4n) is 2.32. The maximum absolute atomic E-state index is 12.1. The number of hydrogen-bond acceptors (Lipinski definition) is 6. The lowest BCUT2D eigenvalue weighted by atomic mass is 10.1.